The van der Waals surface area contributed by atoms with Crippen LogP contribution in [-0.2, 0) is 26.7 Å². The highest BCUT2D eigenvalue weighted by atomic mass is 16.2. The summed E-state index contributed by atoms with van der Waals surface area (Å²) in [7, 11) is 1.83. The molecule has 0 spiro atoms. The van der Waals surface area contributed by atoms with Crippen molar-refractivity contribution in [2.45, 2.75) is 19.6 Å². The Hall–Kier alpha value is -3.42. The number of nitrogens with zero attached hydrogens (tertiary/aromatic N) is 5. The van der Waals surface area contributed by atoms with Crippen LogP contribution in [0, 0.1) is 0 Å². The second kappa shape index (κ2) is 7.06. The molecule has 1 aliphatic heterocycles. The number of carbonyl (C=O) groups is 2. The fourth-order valence-corrected chi connectivity index (χ4v) is 3.21. The summed E-state index contributed by atoms with van der Waals surface area (Å²) in [6.07, 6.45) is 7.00. The SMILES string of the molecule is Cn1cccc1C(=O)NCc1cn2c(n1)CN(C(=O)c1ccncc1)CC2. The van der Waals surface area contributed by atoms with Gasteiger partial charge in [-0.1, -0.05) is 0 Å². The number of hydrogen-bond acceptors (Lipinski definition) is 4. The van der Waals surface area contributed by atoms with Crippen molar-refractivity contribution < 1.29 is 9.59 Å². The second-order valence-corrected chi connectivity index (χ2v) is 6.49. The van der Waals surface area contributed by atoms with Crippen LogP contribution in [0.2, 0.25) is 0 Å². The highest BCUT2D eigenvalue weighted by Crippen LogP contribution is 2.15. The molecule has 1 aliphatic rings. The number of hydrogen-bond donors (Lipinski definition) is 1. The van der Waals surface area contributed by atoms with Crippen LogP contribution in [0.5, 0.6) is 0 Å². The summed E-state index contributed by atoms with van der Waals surface area (Å²) in [6.45, 7) is 2.11. The first kappa shape index (κ1) is 17.0. The predicted molar refractivity (Wildman–Crippen MR) is 97.8 cm³/mol. The number of rotatable bonds is 4. The minimum Gasteiger partial charge on any atom is -0.347 e. The second-order valence-electron chi connectivity index (χ2n) is 6.49. The summed E-state index contributed by atoms with van der Waals surface area (Å²) in [5.41, 5.74) is 2.01. The number of aromatic nitrogens is 4. The Labute approximate surface area is 156 Å². The Bertz CT molecular complexity index is 975. The lowest BCUT2D eigenvalue weighted by atomic mass is 10.2. The van der Waals surface area contributed by atoms with Crippen LogP contribution in [-0.4, -0.2) is 42.4 Å². The molecule has 0 aliphatic carbocycles. The van der Waals surface area contributed by atoms with E-state index in [0.717, 1.165) is 11.5 Å². The topological polar surface area (TPSA) is 85.0 Å². The Morgan fingerprint density at radius 3 is 2.74 bits per heavy atom. The van der Waals surface area contributed by atoms with Crippen molar-refractivity contribution in [3.05, 3.63) is 71.8 Å². The summed E-state index contributed by atoms with van der Waals surface area (Å²) in [5, 5.41) is 2.89. The molecule has 0 unspecified atom stereocenters. The van der Waals surface area contributed by atoms with Crippen molar-refractivity contribution in [1.29, 1.82) is 0 Å². The van der Waals surface area contributed by atoms with Crippen LogP contribution in [0.4, 0.5) is 0 Å². The van der Waals surface area contributed by atoms with Gasteiger partial charge in [0.25, 0.3) is 11.8 Å². The Morgan fingerprint density at radius 1 is 1.19 bits per heavy atom. The van der Waals surface area contributed by atoms with Crippen LogP contribution >= 0.6 is 0 Å². The molecule has 0 saturated carbocycles. The molecule has 0 radical (unpaired) electrons. The van der Waals surface area contributed by atoms with Crippen molar-refractivity contribution >= 4 is 11.8 Å². The van der Waals surface area contributed by atoms with Crippen LogP contribution in [0.15, 0.2) is 49.1 Å². The van der Waals surface area contributed by atoms with Crippen molar-refractivity contribution in [3.63, 3.8) is 0 Å². The van der Waals surface area contributed by atoms with E-state index in [-0.39, 0.29) is 11.8 Å². The van der Waals surface area contributed by atoms with E-state index in [0.29, 0.717) is 37.4 Å². The Morgan fingerprint density at radius 2 is 2.00 bits per heavy atom. The first-order valence-electron chi connectivity index (χ1n) is 8.75. The van der Waals surface area contributed by atoms with Gasteiger partial charge in [0.05, 0.1) is 18.8 Å². The molecule has 0 saturated heterocycles. The third-order valence-corrected chi connectivity index (χ3v) is 4.67. The molecular formula is C19H20N6O2. The van der Waals surface area contributed by atoms with Gasteiger partial charge in [-0.15, -0.1) is 0 Å². The molecule has 1 N–H and O–H groups in total. The zero-order valence-corrected chi connectivity index (χ0v) is 15.0. The van der Waals surface area contributed by atoms with Crippen molar-refractivity contribution in [3.8, 4) is 0 Å². The molecule has 2 amide bonds. The minimum absolute atomic E-state index is 0.0230. The molecule has 0 aromatic carbocycles. The maximum Gasteiger partial charge on any atom is 0.268 e. The van der Waals surface area contributed by atoms with Crippen LogP contribution in [0.25, 0.3) is 0 Å². The van der Waals surface area contributed by atoms with Gasteiger partial charge < -0.3 is 19.4 Å². The molecule has 0 atom stereocenters. The first-order chi connectivity index (χ1) is 13.1. The molecule has 138 valence electrons. The fraction of sp³-hybridized carbons (Fsp3) is 0.263. The quantitative estimate of drug-likeness (QED) is 0.754. The number of fused-ring (bicyclic) bond motifs is 1. The normalized spacial score (nSPS) is 13.3. The molecule has 8 nitrogen and oxygen atoms in total. The van der Waals surface area contributed by atoms with E-state index in [1.165, 1.54) is 0 Å². The van der Waals surface area contributed by atoms with Crippen molar-refractivity contribution in [1.82, 2.24) is 29.3 Å². The van der Waals surface area contributed by atoms with E-state index in [1.807, 2.05) is 30.1 Å². The van der Waals surface area contributed by atoms with E-state index >= 15 is 0 Å². The summed E-state index contributed by atoms with van der Waals surface area (Å²) >= 11 is 0. The molecule has 4 heterocycles. The van der Waals surface area contributed by atoms with Gasteiger partial charge in [0.1, 0.15) is 11.5 Å². The summed E-state index contributed by atoms with van der Waals surface area (Å²) in [6, 6.07) is 7.04. The zero-order chi connectivity index (χ0) is 18.8. The molecule has 3 aromatic rings. The first-order valence-corrected chi connectivity index (χ1v) is 8.75. The lowest BCUT2D eigenvalue weighted by Crippen LogP contribution is -2.38. The number of imidazole rings is 1. The number of carbonyl (C=O) groups excluding carboxylic acids is 2. The van der Waals surface area contributed by atoms with Gasteiger partial charge in [-0.25, -0.2) is 4.98 Å². The average molecular weight is 364 g/mol. The molecule has 0 fully saturated rings. The summed E-state index contributed by atoms with van der Waals surface area (Å²) < 4.78 is 3.82. The molecule has 8 heteroatoms. The lowest BCUT2D eigenvalue weighted by molar-refractivity contribution is 0.0707. The summed E-state index contributed by atoms with van der Waals surface area (Å²) in [5.74, 6) is 0.667. The average Bonchev–Trinajstić information content (AvgIpc) is 3.31. The number of aryl methyl sites for hydroxylation is 1. The van der Waals surface area contributed by atoms with Crippen molar-refractivity contribution in [2.75, 3.05) is 6.54 Å². The maximum atomic E-state index is 12.6. The Balaban J connectivity index is 1.41. The highest BCUT2D eigenvalue weighted by Gasteiger charge is 2.23. The number of nitrogens with one attached hydrogen (secondary N) is 1. The van der Waals surface area contributed by atoms with Gasteiger partial charge in [-0.3, -0.25) is 14.6 Å². The monoisotopic (exact) mass is 364 g/mol. The van der Waals surface area contributed by atoms with Crippen molar-refractivity contribution in [2.24, 2.45) is 7.05 Å². The molecule has 27 heavy (non-hydrogen) atoms. The van der Waals surface area contributed by atoms with E-state index in [2.05, 4.69) is 15.3 Å². The lowest BCUT2D eigenvalue weighted by Gasteiger charge is -2.27. The van der Waals surface area contributed by atoms with E-state index in [1.54, 1.807) is 40.1 Å². The van der Waals surface area contributed by atoms with Crippen LogP contribution in [0.1, 0.15) is 32.4 Å². The Kier molecular flexibility index (Phi) is 4.45. The molecule has 3 aromatic heterocycles. The van der Waals surface area contributed by atoms with Crippen LogP contribution in [0.3, 0.4) is 0 Å². The molecular weight excluding hydrogens is 344 g/mol. The predicted octanol–water partition coefficient (Wildman–Crippen LogP) is 1.20. The van der Waals surface area contributed by atoms with E-state index < -0.39 is 0 Å². The van der Waals surface area contributed by atoms with Gasteiger partial charge in [-0.05, 0) is 24.3 Å². The van der Waals surface area contributed by atoms with E-state index in [4.69, 9.17) is 0 Å². The zero-order valence-electron chi connectivity index (χ0n) is 15.0. The minimum atomic E-state index is -0.136. The number of amides is 2. The fourth-order valence-electron chi connectivity index (χ4n) is 3.21. The highest BCUT2D eigenvalue weighted by molar-refractivity contribution is 5.94. The number of pyridine rings is 1. The largest absolute Gasteiger partial charge is 0.347 e. The van der Waals surface area contributed by atoms with Gasteiger partial charge >= 0.3 is 0 Å². The smallest absolute Gasteiger partial charge is 0.268 e. The van der Waals surface area contributed by atoms with Crippen LogP contribution < -0.4 is 5.32 Å². The summed E-state index contributed by atoms with van der Waals surface area (Å²) in [4.78, 5) is 35.1. The maximum absolute atomic E-state index is 12.6. The third-order valence-electron chi connectivity index (χ3n) is 4.67. The standard InChI is InChI=1S/C19H20N6O2/c1-23-8-2-3-16(23)18(26)21-11-15-12-24-9-10-25(13-17(24)22-15)19(27)14-4-6-20-7-5-14/h2-8,12H,9-11,13H2,1H3,(H,21,26). The van der Waals surface area contributed by atoms with Gasteiger partial charge in [0, 0.05) is 50.5 Å². The van der Waals surface area contributed by atoms with Gasteiger partial charge in [0.15, 0.2) is 0 Å². The molecule has 4 rings (SSSR count). The van der Waals surface area contributed by atoms with Gasteiger partial charge in [-0.2, -0.15) is 0 Å². The molecule has 0 bridgehead atoms. The third kappa shape index (κ3) is 3.46. The van der Waals surface area contributed by atoms with Gasteiger partial charge in [0.2, 0.25) is 0 Å². The van der Waals surface area contributed by atoms with E-state index in [9.17, 15) is 9.59 Å².